The van der Waals surface area contributed by atoms with Gasteiger partial charge in [-0.15, -0.1) is 0 Å². The minimum atomic E-state index is -0.864. The van der Waals surface area contributed by atoms with E-state index in [4.69, 9.17) is 9.26 Å². The van der Waals surface area contributed by atoms with E-state index in [9.17, 15) is 4.79 Å². The number of allylic oxidation sites excluding steroid dienone is 1. The van der Waals surface area contributed by atoms with Crippen LogP contribution in [0.4, 0.5) is 0 Å². The summed E-state index contributed by atoms with van der Waals surface area (Å²) in [4.78, 5) is 14.4. The van der Waals surface area contributed by atoms with E-state index in [-0.39, 0.29) is 11.2 Å². The Morgan fingerprint density at radius 3 is 2.03 bits per heavy atom. The summed E-state index contributed by atoms with van der Waals surface area (Å²) in [7, 11) is 1.14. The third-order valence-electron chi connectivity index (χ3n) is 5.21. The van der Waals surface area contributed by atoms with Crippen molar-refractivity contribution in [3.63, 3.8) is 0 Å². The van der Waals surface area contributed by atoms with Gasteiger partial charge in [0.05, 0.1) is 12.5 Å². The first-order chi connectivity index (χ1) is 15.0. The standard InChI is InChI=1S/C24H46N3O3PS/c1-18(2)26(19(3)4)31(27(20(5)6)21(7)8)30-15-11-14-29-17-32-24(28)23-12-13-25(10)22(9)16-23/h12-13,16,18-22H,11,14-15,17H2,1-10H3. The fourth-order valence-corrected chi connectivity index (χ4v) is 6.67. The van der Waals surface area contributed by atoms with Crippen LogP contribution in [0.2, 0.25) is 0 Å². The van der Waals surface area contributed by atoms with Crippen molar-refractivity contribution < 1.29 is 14.1 Å². The third kappa shape index (κ3) is 9.44. The molecule has 0 aliphatic carbocycles. The molecular weight excluding hydrogens is 441 g/mol. The first-order valence-electron chi connectivity index (χ1n) is 11.8. The van der Waals surface area contributed by atoms with Crippen LogP contribution in [0.1, 0.15) is 68.7 Å². The van der Waals surface area contributed by atoms with E-state index in [0.29, 0.717) is 43.3 Å². The Morgan fingerprint density at radius 1 is 1.03 bits per heavy atom. The molecule has 1 unspecified atom stereocenters. The van der Waals surface area contributed by atoms with Crippen molar-refractivity contribution in [2.24, 2.45) is 0 Å². The van der Waals surface area contributed by atoms with Crippen molar-refractivity contribution in [2.75, 3.05) is 26.2 Å². The van der Waals surface area contributed by atoms with Crippen LogP contribution < -0.4 is 0 Å². The molecule has 0 radical (unpaired) electrons. The molecule has 1 heterocycles. The summed E-state index contributed by atoms with van der Waals surface area (Å²) in [6.07, 6.45) is 6.63. The van der Waals surface area contributed by atoms with Gasteiger partial charge in [0.15, 0.2) is 8.45 Å². The maximum Gasteiger partial charge on any atom is 0.221 e. The molecule has 6 nitrogen and oxygen atoms in total. The van der Waals surface area contributed by atoms with E-state index < -0.39 is 8.45 Å². The Kier molecular flexibility index (Phi) is 13.6. The van der Waals surface area contributed by atoms with E-state index >= 15 is 0 Å². The van der Waals surface area contributed by atoms with Crippen molar-refractivity contribution in [3.8, 4) is 0 Å². The number of rotatable bonds is 14. The molecule has 0 spiro atoms. The largest absolute Gasteiger partial charge is 0.374 e. The maximum absolute atomic E-state index is 12.3. The molecule has 0 bridgehead atoms. The van der Waals surface area contributed by atoms with Gasteiger partial charge in [-0.1, -0.05) is 17.8 Å². The van der Waals surface area contributed by atoms with Crippen LogP contribution in [0.25, 0.3) is 0 Å². The molecule has 1 aliphatic heterocycles. The number of likely N-dealkylation sites (N-methyl/N-ethyl adjacent to an activating group) is 1. The SMILES string of the molecule is CC1C=C(C(=O)SCOCCCOP(N(C(C)C)C(C)C)N(C(C)C)C(C)C)C=CN1C. The number of carbonyl (C=O) groups excluding carboxylic acids is 1. The van der Waals surface area contributed by atoms with Gasteiger partial charge in [-0.05, 0) is 74.8 Å². The lowest BCUT2D eigenvalue weighted by Gasteiger charge is -2.45. The van der Waals surface area contributed by atoms with E-state index in [2.05, 4.69) is 76.6 Å². The zero-order chi connectivity index (χ0) is 24.4. The molecule has 0 fully saturated rings. The minimum absolute atomic E-state index is 0.0648. The van der Waals surface area contributed by atoms with Crippen molar-refractivity contribution >= 4 is 25.3 Å². The number of hydrogen-bond donors (Lipinski definition) is 0. The second-order valence-electron chi connectivity index (χ2n) is 9.38. The fourth-order valence-electron chi connectivity index (χ4n) is 3.68. The van der Waals surface area contributed by atoms with Crippen LogP contribution in [0.15, 0.2) is 23.9 Å². The molecule has 0 aromatic carbocycles. The molecule has 0 aromatic rings. The third-order valence-corrected chi connectivity index (χ3v) is 9.05. The van der Waals surface area contributed by atoms with Crippen molar-refractivity contribution in [3.05, 3.63) is 23.9 Å². The molecule has 1 atom stereocenters. The highest BCUT2D eigenvalue weighted by Gasteiger charge is 2.34. The lowest BCUT2D eigenvalue weighted by molar-refractivity contribution is -0.107. The quantitative estimate of drug-likeness (QED) is 0.173. The highest BCUT2D eigenvalue weighted by atomic mass is 32.2. The lowest BCUT2D eigenvalue weighted by Crippen LogP contribution is -2.43. The fraction of sp³-hybridized carbons (Fsp3) is 0.792. The average Bonchev–Trinajstić information content (AvgIpc) is 2.67. The summed E-state index contributed by atoms with van der Waals surface area (Å²) < 4.78 is 17.2. The van der Waals surface area contributed by atoms with Crippen LogP contribution >= 0.6 is 20.2 Å². The highest BCUT2D eigenvalue weighted by molar-refractivity contribution is 8.14. The molecule has 186 valence electrons. The predicted molar refractivity (Wildman–Crippen MR) is 140 cm³/mol. The Morgan fingerprint density at radius 2 is 1.56 bits per heavy atom. The molecular formula is C24H46N3O3PS. The molecule has 0 amide bonds. The van der Waals surface area contributed by atoms with Gasteiger partial charge in [0.25, 0.3) is 0 Å². The van der Waals surface area contributed by atoms with Crippen LogP contribution in [0.3, 0.4) is 0 Å². The smallest absolute Gasteiger partial charge is 0.221 e. The summed E-state index contributed by atoms with van der Waals surface area (Å²) in [5, 5.41) is 0.0648. The molecule has 0 saturated heterocycles. The molecule has 0 N–H and O–H groups in total. The van der Waals surface area contributed by atoms with Gasteiger partial charge in [-0.2, -0.15) is 0 Å². The van der Waals surface area contributed by atoms with Gasteiger partial charge in [0.1, 0.15) is 0 Å². The van der Waals surface area contributed by atoms with Crippen molar-refractivity contribution in [1.29, 1.82) is 0 Å². The number of carbonyl (C=O) groups is 1. The normalized spacial score (nSPS) is 17.2. The lowest BCUT2D eigenvalue weighted by atomic mass is 10.1. The van der Waals surface area contributed by atoms with E-state index in [0.717, 1.165) is 12.0 Å². The minimum Gasteiger partial charge on any atom is -0.374 e. The second-order valence-corrected chi connectivity index (χ2v) is 12.0. The number of nitrogens with zero attached hydrogens (tertiary/aromatic N) is 3. The number of thioether (sulfide) groups is 1. The predicted octanol–water partition coefficient (Wildman–Crippen LogP) is 5.87. The van der Waals surface area contributed by atoms with Gasteiger partial charge in [-0.3, -0.25) is 4.79 Å². The molecule has 0 saturated carbocycles. The Labute approximate surface area is 202 Å². The highest BCUT2D eigenvalue weighted by Crippen LogP contribution is 2.50. The first-order valence-corrected chi connectivity index (χ1v) is 14.0. The van der Waals surface area contributed by atoms with Crippen LogP contribution in [-0.4, -0.2) is 75.8 Å². The molecule has 1 aliphatic rings. The summed E-state index contributed by atoms with van der Waals surface area (Å²) >= 11 is 1.22. The Bertz CT molecular complexity index is 590. The van der Waals surface area contributed by atoms with Gasteiger partial charge in [0.2, 0.25) is 5.12 Å². The summed E-state index contributed by atoms with van der Waals surface area (Å²) in [6.45, 7) is 21.2. The van der Waals surface area contributed by atoms with E-state index in [1.54, 1.807) is 0 Å². The number of ether oxygens (including phenoxy) is 1. The summed E-state index contributed by atoms with van der Waals surface area (Å²) in [6, 6.07) is 1.87. The van der Waals surface area contributed by atoms with Crippen molar-refractivity contribution in [2.45, 2.75) is 98.9 Å². The van der Waals surface area contributed by atoms with E-state index in [1.807, 2.05) is 25.4 Å². The molecule has 8 heteroatoms. The Hall–Kier alpha value is -0.430. The zero-order valence-electron chi connectivity index (χ0n) is 21.9. The Balaban J connectivity index is 2.49. The monoisotopic (exact) mass is 487 g/mol. The molecule has 0 aromatic heterocycles. The van der Waals surface area contributed by atoms with Crippen LogP contribution in [-0.2, 0) is 14.1 Å². The van der Waals surface area contributed by atoms with Gasteiger partial charge in [0, 0.05) is 55.6 Å². The second kappa shape index (κ2) is 14.7. The molecule has 32 heavy (non-hydrogen) atoms. The maximum atomic E-state index is 12.3. The molecule has 1 rings (SSSR count). The first kappa shape index (κ1) is 29.6. The van der Waals surface area contributed by atoms with Crippen LogP contribution in [0, 0.1) is 0 Å². The van der Waals surface area contributed by atoms with Gasteiger partial charge >= 0.3 is 0 Å². The summed E-state index contributed by atoms with van der Waals surface area (Å²) in [5.74, 6) is 0.372. The van der Waals surface area contributed by atoms with E-state index in [1.165, 1.54) is 11.8 Å². The topological polar surface area (TPSA) is 45.3 Å². The summed E-state index contributed by atoms with van der Waals surface area (Å²) in [5.41, 5.74) is 0.753. The van der Waals surface area contributed by atoms with Gasteiger partial charge in [-0.25, -0.2) is 9.34 Å². The zero-order valence-corrected chi connectivity index (χ0v) is 23.6. The van der Waals surface area contributed by atoms with Crippen molar-refractivity contribution in [1.82, 2.24) is 14.2 Å². The number of hydrogen-bond acceptors (Lipinski definition) is 7. The average molecular weight is 488 g/mol. The van der Waals surface area contributed by atoms with Gasteiger partial charge < -0.3 is 14.2 Å². The van der Waals surface area contributed by atoms with Crippen LogP contribution in [0.5, 0.6) is 0 Å².